The molecule has 0 spiro atoms. The molecular weight excluding hydrogens is 399 g/mol. The maximum absolute atomic E-state index is 14.7. The van der Waals surface area contributed by atoms with E-state index in [9.17, 15) is 14.4 Å². The van der Waals surface area contributed by atoms with Crippen molar-refractivity contribution in [1.29, 1.82) is 5.26 Å². The second-order valence-corrected chi connectivity index (χ2v) is 9.95. The van der Waals surface area contributed by atoms with Crippen LogP contribution in [0.5, 0.6) is 0 Å². The Morgan fingerprint density at radius 1 is 1.47 bits per heavy atom. The summed E-state index contributed by atoms with van der Waals surface area (Å²) in [5, 5.41) is 16.9. The van der Waals surface area contributed by atoms with Gasteiger partial charge in [0.15, 0.2) is 0 Å². The Labute approximate surface area is 179 Å². The lowest BCUT2D eigenvalue weighted by molar-refractivity contribution is -0.124. The Hall–Kier alpha value is -2.30. The Balaban J connectivity index is 1.24. The van der Waals surface area contributed by atoms with Gasteiger partial charge in [0.05, 0.1) is 22.0 Å². The third-order valence-electron chi connectivity index (χ3n) is 7.20. The van der Waals surface area contributed by atoms with Crippen LogP contribution < -0.4 is 10.6 Å². The van der Waals surface area contributed by atoms with Gasteiger partial charge in [-0.2, -0.15) is 5.26 Å². The zero-order valence-electron chi connectivity index (χ0n) is 17.1. The van der Waals surface area contributed by atoms with Gasteiger partial charge < -0.3 is 10.6 Å². The number of nitriles is 1. The van der Waals surface area contributed by atoms with E-state index in [4.69, 9.17) is 0 Å². The van der Waals surface area contributed by atoms with Gasteiger partial charge in [0.1, 0.15) is 11.9 Å². The van der Waals surface area contributed by atoms with Gasteiger partial charge in [-0.3, -0.25) is 4.79 Å². The first-order valence-corrected chi connectivity index (χ1v) is 11.5. The minimum Gasteiger partial charge on any atom is -0.339 e. The molecule has 2 aliphatic carbocycles. The van der Waals surface area contributed by atoms with E-state index in [0.717, 1.165) is 34.2 Å². The van der Waals surface area contributed by atoms with Crippen molar-refractivity contribution in [2.45, 2.75) is 51.2 Å². The average Bonchev–Trinajstić information content (AvgIpc) is 3.18. The van der Waals surface area contributed by atoms with Crippen LogP contribution in [0.1, 0.15) is 30.8 Å². The maximum atomic E-state index is 14.7. The first kappa shape index (κ1) is 19.7. The number of hydrogen-bond acceptors (Lipinski definition) is 5. The van der Waals surface area contributed by atoms with Gasteiger partial charge in [0, 0.05) is 18.7 Å². The van der Waals surface area contributed by atoms with Crippen LogP contribution in [-0.2, 0) is 17.6 Å². The molecule has 1 aliphatic heterocycles. The molecule has 2 aromatic rings. The topological polar surface area (TPSA) is 77.8 Å². The fourth-order valence-electron chi connectivity index (χ4n) is 5.69. The lowest BCUT2D eigenvalue weighted by atomic mass is 9.94. The van der Waals surface area contributed by atoms with Crippen LogP contribution in [0, 0.1) is 40.8 Å². The SMILES string of the molecule is CCc1ncc(-c2ccc(C[C@@H](C#N)NC(=O)C3NC4CC3C3C(C)C43)c(F)c2)s1. The van der Waals surface area contributed by atoms with Crippen molar-refractivity contribution in [2.24, 2.45) is 23.7 Å². The van der Waals surface area contributed by atoms with Crippen LogP contribution in [0.3, 0.4) is 0 Å². The molecule has 3 fully saturated rings. The summed E-state index contributed by atoms with van der Waals surface area (Å²) in [6.07, 6.45) is 3.83. The molecule has 1 aromatic carbocycles. The lowest BCUT2D eigenvalue weighted by Gasteiger charge is -2.23. The Morgan fingerprint density at radius 3 is 2.97 bits per heavy atom. The Bertz CT molecular complexity index is 1030. The van der Waals surface area contributed by atoms with Crippen molar-refractivity contribution in [1.82, 2.24) is 15.6 Å². The number of amides is 1. The number of fused-ring (bicyclic) bond motifs is 5. The molecule has 1 aromatic heterocycles. The highest BCUT2D eigenvalue weighted by atomic mass is 32.1. The number of rotatable bonds is 6. The van der Waals surface area contributed by atoms with Gasteiger partial charge in [0.25, 0.3) is 0 Å². The van der Waals surface area contributed by atoms with Gasteiger partial charge >= 0.3 is 0 Å². The first-order valence-electron chi connectivity index (χ1n) is 10.7. The number of carbonyl (C=O) groups excluding carboxylic acids is 1. The molecule has 5 nitrogen and oxygen atoms in total. The van der Waals surface area contributed by atoms with E-state index in [0.29, 0.717) is 29.4 Å². The summed E-state index contributed by atoms with van der Waals surface area (Å²) in [4.78, 5) is 18.0. The fraction of sp³-hybridized carbons (Fsp3) is 0.522. The molecule has 0 radical (unpaired) electrons. The molecule has 2 bridgehead atoms. The van der Waals surface area contributed by atoms with Gasteiger partial charge in [-0.25, -0.2) is 9.37 Å². The van der Waals surface area contributed by atoms with Crippen LogP contribution >= 0.6 is 11.3 Å². The summed E-state index contributed by atoms with van der Waals surface area (Å²) < 4.78 is 14.7. The minimum absolute atomic E-state index is 0.125. The van der Waals surface area contributed by atoms with E-state index in [1.54, 1.807) is 23.6 Å². The van der Waals surface area contributed by atoms with E-state index >= 15 is 0 Å². The third-order valence-corrected chi connectivity index (χ3v) is 8.39. The van der Waals surface area contributed by atoms with Crippen molar-refractivity contribution in [2.75, 3.05) is 0 Å². The number of halogens is 1. The van der Waals surface area contributed by atoms with Crippen molar-refractivity contribution >= 4 is 17.2 Å². The third kappa shape index (κ3) is 3.23. The zero-order valence-corrected chi connectivity index (χ0v) is 17.9. The number of benzene rings is 1. The van der Waals surface area contributed by atoms with Crippen LogP contribution in [0.25, 0.3) is 10.4 Å². The number of nitrogens with zero attached hydrogens (tertiary/aromatic N) is 2. The van der Waals surface area contributed by atoms with Crippen LogP contribution in [0.2, 0.25) is 0 Å². The summed E-state index contributed by atoms with van der Waals surface area (Å²) >= 11 is 1.56. The molecule has 3 aliphatic rings. The summed E-state index contributed by atoms with van der Waals surface area (Å²) in [7, 11) is 0. The quantitative estimate of drug-likeness (QED) is 0.746. The Morgan fingerprint density at radius 2 is 2.30 bits per heavy atom. The van der Waals surface area contributed by atoms with Gasteiger partial charge in [-0.1, -0.05) is 26.0 Å². The number of thiazole rings is 1. The molecule has 2 N–H and O–H groups in total. The van der Waals surface area contributed by atoms with E-state index in [1.165, 1.54) is 6.07 Å². The Kier molecular flexibility index (Phi) is 4.87. The van der Waals surface area contributed by atoms with E-state index in [-0.39, 0.29) is 24.2 Å². The molecule has 1 saturated heterocycles. The highest BCUT2D eigenvalue weighted by molar-refractivity contribution is 7.15. The van der Waals surface area contributed by atoms with Crippen LogP contribution in [0.4, 0.5) is 4.39 Å². The molecule has 2 saturated carbocycles. The summed E-state index contributed by atoms with van der Waals surface area (Å²) in [6, 6.07) is 6.66. The first-order chi connectivity index (χ1) is 14.5. The standard InChI is InChI=1S/C23H25FN4OS/c1-3-19-26-10-18(30-19)13-5-4-12(16(24)7-13)6-14(9-25)27-23(29)22-15-8-17(28-22)21-11(2)20(15)21/h4-5,7,10-11,14-15,17,20-22,28H,3,6,8H2,1-2H3,(H,27,29)/t11?,14-,15?,17?,20?,21?,22?/m0/s1. The summed E-state index contributed by atoms with van der Waals surface area (Å²) in [6.45, 7) is 4.30. The molecule has 156 valence electrons. The van der Waals surface area contributed by atoms with Crippen molar-refractivity contribution in [3.63, 3.8) is 0 Å². The number of aromatic nitrogens is 1. The smallest absolute Gasteiger partial charge is 0.238 e. The summed E-state index contributed by atoms with van der Waals surface area (Å²) in [5.74, 6) is 1.97. The fourth-order valence-corrected chi connectivity index (χ4v) is 6.54. The van der Waals surface area contributed by atoms with Gasteiger partial charge in [-0.15, -0.1) is 11.3 Å². The van der Waals surface area contributed by atoms with Crippen molar-refractivity contribution in [3.05, 3.63) is 40.8 Å². The number of piperidine rings is 1. The number of aryl methyl sites for hydroxylation is 1. The van der Waals surface area contributed by atoms with Gasteiger partial charge in [0.2, 0.25) is 5.91 Å². The summed E-state index contributed by atoms with van der Waals surface area (Å²) in [5.41, 5.74) is 1.22. The average molecular weight is 425 g/mol. The predicted molar refractivity (Wildman–Crippen MR) is 113 cm³/mol. The predicted octanol–water partition coefficient (Wildman–Crippen LogP) is 3.30. The lowest BCUT2D eigenvalue weighted by Crippen LogP contribution is -2.51. The highest BCUT2D eigenvalue weighted by Crippen LogP contribution is 2.64. The molecule has 6 unspecified atom stereocenters. The molecular formula is C23H25FN4OS. The molecule has 7 atom stereocenters. The molecule has 2 heterocycles. The molecule has 30 heavy (non-hydrogen) atoms. The number of hydrogen-bond donors (Lipinski definition) is 2. The largest absolute Gasteiger partial charge is 0.339 e. The normalized spacial score (nSPS) is 31.8. The van der Waals surface area contributed by atoms with Crippen LogP contribution in [-0.4, -0.2) is 29.0 Å². The second kappa shape index (κ2) is 7.44. The monoisotopic (exact) mass is 424 g/mol. The zero-order chi connectivity index (χ0) is 21.0. The second-order valence-electron chi connectivity index (χ2n) is 8.84. The highest BCUT2D eigenvalue weighted by Gasteiger charge is 2.67. The van der Waals surface area contributed by atoms with E-state index < -0.39 is 6.04 Å². The van der Waals surface area contributed by atoms with E-state index in [2.05, 4.69) is 28.6 Å². The maximum Gasteiger partial charge on any atom is 0.238 e. The minimum atomic E-state index is -0.749. The number of carbonyl (C=O) groups is 1. The van der Waals surface area contributed by atoms with Gasteiger partial charge in [-0.05, 0) is 53.7 Å². The molecule has 5 rings (SSSR count). The molecule has 1 amide bonds. The van der Waals surface area contributed by atoms with Crippen molar-refractivity contribution in [3.8, 4) is 16.5 Å². The van der Waals surface area contributed by atoms with Crippen molar-refractivity contribution < 1.29 is 9.18 Å². The molecule has 7 heteroatoms. The number of nitrogens with one attached hydrogen (secondary N) is 2. The van der Waals surface area contributed by atoms with E-state index in [1.807, 2.05) is 13.0 Å². The van der Waals surface area contributed by atoms with Crippen LogP contribution in [0.15, 0.2) is 24.4 Å².